The van der Waals surface area contributed by atoms with Crippen LogP contribution in [0.2, 0.25) is 15.1 Å². The summed E-state index contributed by atoms with van der Waals surface area (Å²) in [7, 11) is 0. The van der Waals surface area contributed by atoms with Gasteiger partial charge >= 0.3 is 0 Å². The molecular formula is C28H29Cl3N2O2S. The summed E-state index contributed by atoms with van der Waals surface area (Å²) >= 11 is 19.9. The lowest BCUT2D eigenvalue weighted by molar-refractivity contribution is -0.141. The molecule has 1 atom stereocenters. The lowest BCUT2D eigenvalue weighted by atomic mass is 10.0. The predicted molar refractivity (Wildman–Crippen MR) is 151 cm³/mol. The Balaban J connectivity index is 1.86. The van der Waals surface area contributed by atoms with Gasteiger partial charge in [-0.3, -0.25) is 9.59 Å². The molecule has 0 heterocycles. The predicted octanol–water partition coefficient (Wildman–Crippen LogP) is 7.29. The van der Waals surface area contributed by atoms with Crippen molar-refractivity contribution in [2.45, 2.75) is 50.2 Å². The van der Waals surface area contributed by atoms with Crippen LogP contribution >= 0.6 is 46.6 Å². The van der Waals surface area contributed by atoms with Crippen molar-refractivity contribution in [2.75, 3.05) is 5.75 Å². The highest BCUT2D eigenvalue weighted by Gasteiger charge is 2.30. The van der Waals surface area contributed by atoms with E-state index in [0.29, 0.717) is 27.2 Å². The molecule has 0 radical (unpaired) electrons. The van der Waals surface area contributed by atoms with Crippen LogP contribution in [0.1, 0.15) is 31.4 Å². The van der Waals surface area contributed by atoms with Gasteiger partial charge in [-0.15, -0.1) is 11.8 Å². The Morgan fingerprint density at radius 1 is 0.889 bits per heavy atom. The summed E-state index contributed by atoms with van der Waals surface area (Å²) in [5, 5.41) is 4.51. The molecule has 0 saturated carbocycles. The Bertz CT molecular complexity index is 1160. The Kier molecular flexibility index (Phi) is 11.0. The average molecular weight is 564 g/mol. The zero-order valence-electron chi connectivity index (χ0n) is 20.2. The number of nitrogens with zero attached hydrogens (tertiary/aromatic N) is 1. The maximum absolute atomic E-state index is 13.6. The molecule has 0 unspecified atom stereocenters. The van der Waals surface area contributed by atoms with E-state index in [9.17, 15) is 9.59 Å². The van der Waals surface area contributed by atoms with Gasteiger partial charge in [0.25, 0.3) is 0 Å². The molecule has 4 nitrogen and oxygen atoms in total. The molecule has 3 aromatic rings. The third-order valence-electron chi connectivity index (χ3n) is 5.44. The lowest BCUT2D eigenvalue weighted by Gasteiger charge is -2.32. The van der Waals surface area contributed by atoms with Gasteiger partial charge in [0.05, 0.1) is 10.0 Å². The standard InChI is InChI=1S/C28H29Cl3N2O2S/c1-19(2)32-28(35)26(17-20-6-4-3-5-7-20)33(18-21-8-13-24(30)25(31)16-21)27(34)14-15-36-23-11-9-22(29)10-12-23/h3-13,16,19,26H,14-15,17-18H2,1-2H3,(H,32,35)/t26-/m1/s1. The Morgan fingerprint density at radius 2 is 1.58 bits per heavy atom. The van der Waals surface area contributed by atoms with E-state index in [1.165, 1.54) is 0 Å². The number of nitrogens with one attached hydrogen (secondary N) is 1. The van der Waals surface area contributed by atoms with Gasteiger partial charge in [0.2, 0.25) is 11.8 Å². The van der Waals surface area contributed by atoms with Crippen molar-refractivity contribution >= 4 is 58.4 Å². The number of hydrogen-bond donors (Lipinski definition) is 1. The van der Waals surface area contributed by atoms with Crippen LogP contribution in [-0.4, -0.2) is 34.6 Å². The van der Waals surface area contributed by atoms with Crippen LogP contribution in [0, 0.1) is 0 Å². The minimum Gasteiger partial charge on any atom is -0.352 e. The second-order valence-corrected chi connectivity index (χ2v) is 11.1. The molecule has 0 aromatic heterocycles. The summed E-state index contributed by atoms with van der Waals surface area (Å²) in [6.07, 6.45) is 0.672. The van der Waals surface area contributed by atoms with Crippen LogP contribution in [0.25, 0.3) is 0 Å². The topological polar surface area (TPSA) is 49.4 Å². The number of carbonyl (C=O) groups is 2. The highest BCUT2D eigenvalue weighted by molar-refractivity contribution is 7.99. The molecule has 0 aliphatic carbocycles. The summed E-state index contributed by atoms with van der Waals surface area (Å²) in [5.41, 5.74) is 1.78. The average Bonchev–Trinajstić information content (AvgIpc) is 2.85. The summed E-state index contributed by atoms with van der Waals surface area (Å²) in [6.45, 7) is 4.06. The van der Waals surface area contributed by atoms with Gasteiger partial charge in [-0.25, -0.2) is 0 Å². The summed E-state index contributed by atoms with van der Waals surface area (Å²) in [4.78, 5) is 29.7. The highest BCUT2D eigenvalue weighted by atomic mass is 35.5. The SMILES string of the molecule is CC(C)NC(=O)[C@@H](Cc1ccccc1)N(Cc1ccc(Cl)c(Cl)c1)C(=O)CCSc1ccc(Cl)cc1. The molecule has 190 valence electrons. The van der Waals surface area contributed by atoms with Crippen LogP contribution < -0.4 is 5.32 Å². The van der Waals surface area contributed by atoms with E-state index in [-0.39, 0.29) is 30.8 Å². The first kappa shape index (κ1) is 28.4. The molecule has 8 heteroatoms. The van der Waals surface area contributed by atoms with E-state index >= 15 is 0 Å². The Hall–Kier alpha value is -2.18. The first-order valence-corrected chi connectivity index (χ1v) is 13.8. The minimum atomic E-state index is -0.683. The number of hydrogen-bond acceptors (Lipinski definition) is 3. The zero-order valence-corrected chi connectivity index (χ0v) is 23.3. The van der Waals surface area contributed by atoms with E-state index < -0.39 is 6.04 Å². The summed E-state index contributed by atoms with van der Waals surface area (Å²) in [6, 6.07) is 21.8. The van der Waals surface area contributed by atoms with Crippen molar-refractivity contribution in [3.63, 3.8) is 0 Å². The monoisotopic (exact) mass is 562 g/mol. The molecule has 0 aliphatic heterocycles. The first-order chi connectivity index (χ1) is 17.2. The fraction of sp³-hybridized carbons (Fsp3) is 0.286. The van der Waals surface area contributed by atoms with E-state index in [2.05, 4.69) is 5.32 Å². The quantitative estimate of drug-likeness (QED) is 0.249. The number of rotatable bonds is 11. The van der Waals surface area contributed by atoms with Crippen LogP contribution in [0.15, 0.2) is 77.7 Å². The molecule has 2 amide bonds. The first-order valence-electron chi connectivity index (χ1n) is 11.7. The number of thioether (sulfide) groups is 1. The van der Waals surface area contributed by atoms with Gasteiger partial charge < -0.3 is 10.2 Å². The van der Waals surface area contributed by atoms with E-state index in [1.54, 1.807) is 28.8 Å². The largest absolute Gasteiger partial charge is 0.352 e. The molecule has 0 fully saturated rings. The fourth-order valence-electron chi connectivity index (χ4n) is 3.70. The van der Waals surface area contributed by atoms with Gasteiger partial charge in [-0.05, 0) is 61.4 Å². The normalized spacial score (nSPS) is 11.8. The zero-order chi connectivity index (χ0) is 26.1. The Labute approximate surface area is 232 Å². The van der Waals surface area contributed by atoms with Gasteiger partial charge in [-0.1, -0.05) is 71.2 Å². The maximum atomic E-state index is 13.6. The maximum Gasteiger partial charge on any atom is 0.243 e. The van der Waals surface area contributed by atoms with Crippen molar-refractivity contribution in [3.8, 4) is 0 Å². The third kappa shape index (κ3) is 8.74. The summed E-state index contributed by atoms with van der Waals surface area (Å²) < 4.78 is 0. The lowest BCUT2D eigenvalue weighted by Crippen LogP contribution is -2.51. The van der Waals surface area contributed by atoms with Crippen LogP contribution in [0.5, 0.6) is 0 Å². The van der Waals surface area contributed by atoms with Gasteiger partial charge in [-0.2, -0.15) is 0 Å². The van der Waals surface area contributed by atoms with Crippen LogP contribution in [0.3, 0.4) is 0 Å². The van der Waals surface area contributed by atoms with Crippen molar-refractivity contribution in [1.82, 2.24) is 10.2 Å². The van der Waals surface area contributed by atoms with Crippen molar-refractivity contribution < 1.29 is 9.59 Å². The molecule has 0 spiro atoms. The highest BCUT2D eigenvalue weighted by Crippen LogP contribution is 2.26. The van der Waals surface area contributed by atoms with Gasteiger partial charge in [0.1, 0.15) is 6.04 Å². The van der Waals surface area contributed by atoms with Crippen LogP contribution in [-0.2, 0) is 22.6 Å². The number of carbonyl (C=O) groups excluding carboxylic acids is 2. The van der Waals surface area contributed by atoms with E-state index in [0.717, 1.165) is 16.0 Å². The second-order valence-electron chi connectivity index (χ2n) is 8.69. The smallest absolute Gasteiger partial charge is 0.243 e. The summed E-state index contributed by atoms with van der Waals surface area (Å²) in [5.74, 6) is 0.275. The number of halogens is 3. The Morgan fingerprint density at radius 3 is 2.22 bits per heavy atom. The van der Waals surface area contributed by atoms with E-state index in [1.807, 2.05) is 74.5 Å². The number of amides is 2. The molecule has 0 saturated heterocycles. The van der Waals surface area contributed by atoms with Crippen molar-refractivity contribution in [1.29, 1.82) is 0 Å². The van der Waals surface area contributed by atoms with Gasteiger partial charge in [0, 0.05) is 41.1 Å². The van der Waals surface area contributed by atoms with Gasteiger partial charge in [0.15, 0.2) is 0 Å². The van der Waals surface area contributed by atoms with Crippen molar-refractivity contribution in [2.24, 2.45) is 0 Å². The molecule has 3 aromatic carbocycles. The molecular weight excluding hydrogens is 535 g/mol. The fourth-order valence-corrected chi connectivity index (χ4v) is 4.99. The molecule has 36 heavy (non-hydrogen) atoms. The molecule has 1 N–H and O–H groups in total. The number of benzene rings is 3. The minimum absolute atomic E-state index is 0.0573. The molecule has 0 aliphatic rings. The van der Waals surface area contributed by atoms with E-state index in [4.69, 9.17) is 34.8 Å². The van der Waals surface area contributed by atoms with Crippen LogP contribution in [0.4, 0.5) is 0 Å². The second kappa shape index (κ2) is 13.9. The molecule has 0 bridgehead atoms. The molecule has 3 rings (SSSR count). The van der Waals surface area contributed by atoms with Crippen molar-refractivity contribution in [3.05, 3.63) is 99.0 Å². The third-order valence-corrected chi connectivity index (χ3v) is 7.44.